The molecule has 1 aromatic rings. The third-order valence-electron chi connectivity index (χ3n) is 3.56. The lowest BCUT2D eigenvalue weighted by molar-refractivity contribution is 0.189. The Bertz CT molecular complexity index is 571. The van der Waals surface area contributed by atoms with Gasteiger partial charge in [0.2, 0.25) is 10.0 Å². The molecule has 2 heterocycles. The molecule has 18 heavy (non-hydrogen) atoms. The van der Waals surface area contributed by atoms with Crippen LogP contribution < -0.4 is 5.32 Å². The molecule has 0 aromatic heterocycles. The van der Waals surface area contributed by atoms with Crippen molar-refractivity contribution >= 4 is 15.7 Å². The molecular weight excluding hydrogens is 252 g/mol. The summed E-state index contributed by atoms with van der Waals surface area (Å²) in [6.45, 7) is 1.46. The summed E-state index contributed by atoms with van der Waals surface area (Å²) in [6, 6.07) is 5.23. The lowest BCUT2D eigenvalue weighted by Gasteiger charge is -2.16. The molecule has 1 aromatic carbocycles. The first-order valence-corrected chi connectivity index (χ1v) is 7.56. The van der Waals surface area contributed by atoms with Crippen LogP contribution in [0, 0.1) is 0 Å². The Labute approximate surface area is 106 Å². The molecule has 2 aliphatic rings. The average molecular weight is 268 g/mol. The standard InChI is InChI=1S/C12H16N2O3S/c15-10-4-6-14(8-10)18(16,17)11-2-1-9-3-5-13-12(9)7-11/h1-2,7,10,13,15H,3-6,8H2. The highest BCUT2D eigenvalue weighted by atomic mass is 32.2. The van der Waals surface area contributed by atoms with Gasteiger partial charge in [-0.1, -0.05) is 6.07 Å². The van der Waals surface area contributed by atoms with Crippen LogP contribution in [-0.2, 0) is 16.4 Å². The molecule has 1 fully saturated rings. The third-order valence-corrected chi connectivity index (χ3v) is 5.42. The van der Waals surface area contributed by atoms with Gasteiger partial charge in [0.15, 0.2) is 0 Å². The number of aliphatic hydroxyl groups excluding tert-OH is 1. The summed E-state index contributed by atoms with van der Waals surface area (Å²) in [4.78, 5) is 0.310. The zero-order valence-corrected chi connectivity index (χ0v) is 10.8. The van der Waals surface area contributed by atoms with Gasteiger partial charge in [-0.25, -0.2) is 8.42 Å². The van der Waals surface area contributed by atoms with Crippen molar-refractivity contribution in [1.82, 2.24) is 4.31 Å². The maximum Gasteiger partial charge on any atom is 0.243 e. The van der Waals surface area contributed by atoms with Crippen molar-refractivity contribution in [2.24, 2.45) is 0 Å². The highest BCUT2D eigenvalue weighted by Gasteiger charge is 2.32. The number of anilines is 1. The van der Waals surface area contributed by atoms with E-state index in [1.54, 1.807) is 12.1 Å². The Balaban J connectivity index is 1.94. The van der Waals surface area contributed by atoms with Gasteiger partial charge in [-0.3, -0.25) is 0 Å². The summed E-state index contributed by atoms with van der Waals surface area (Å²) in [7, 11) is -3.46. The van der Waals surface area contributed by atoms with Gasteiger partial charge in [0.1, 0.15) is 0 Å². The molecule has 98 valence electrons. The average Bonchev–Trinajstić information content (AvgIpc) is 2.96. The van der Waals surface area contributed by atoms with Gasteiger partial charge < -0.3 is 10.4 Å². The number of β-amino-alcohol motifs (C(OH)–C–C–N with tert-alkyl or cyclic N) is 1. The van der Waals surface area contributed by atoms with Crippen LogP contribution >= 0.6 is 0 Å². The van der Waals surface area contributed by atoms with Gasteiger partial charge in [-0.15, -0.1) is 0 Å². The second kappa shape index (κ2) is 4.22. The highest BCUT2D eigenvalue weighted by molar-refractivity contribution is 7.89. The Morgan fingerprint density at radius 3 is 2.94 bits per heavy atom. The van der Waals surface area contributed by atoms with E-state index in [4.69, 9.17) is 0 Å². The van der Waals surface area contributed by atoms with Crippen LogP contribution in [0.4, 0.5) is 5.69 Å². The lowest BCUT2D eigenvalue weighted by Crippen LogP contribution is -2.29. The number of aliphatic hydroxyl groups is 1. The molecule has 1 atom stereocenters. The zero-order chi connectivity index (χ0) is 12.8. The van der Waals surface area contributed by atoms with Crippen molar-refractivity contribution in [2.75, 3.05) is 25.0 Å². The molecule has 0 spiro atoms. The summed E-state index contributed by atoms with van der Waals surface area (Å²) < 4.78 is 26.1. The van der Waals surface area contributed by atoms with Gasteiger partial charge in [0.05, 0.1) is 11.0 Å². The summed E-state index contributed by atoms with van der Waals surface area (Å²) in [6.07, 6.45) is 0.924. The van der Waals surface area contributed by atoms with E-state index in [-0.39, 0.29) is 6.54 Å². The minimum Gasteiger partial charge on any atom is -0.392 e. The van der Waals surface area contributed by atoms with E-state index in [1.165, 1.54) is 4.31 Å². The number of nitrogens with one attached hydrogen (secondary N) is 1. The van der Waals surface area contributed by atoms with Crippen molar-refractivity contribution in [2.45, 2.75) is 23.8 Å². The van der Waals surface area contributed by atoms with Crippen LogP contribution in [0.25, 0.3) is 0 Å². The monoisotopic (exact) mass is 268 g/mol. The Kier molecular flexibility index (Phi) is 2.80. The summed E-state index contributed by atoms with van der Waals surface area (Å²) in [5.41, 5.74) is 2.08. The van der Waals surface area contributed by atoms with Gasteiger partial charge in [-0.2, -0.15) is 4.31 Å². The largest absolute Gasteiger partial charge is 0.392 e. The zero-order valence-electron chi connectivity index (χ0n) is 9.96. The van der Waals surface area contributed by atoms with Gasteiger partial charge in [-0.05, 0) is 30.5 Å². The predicted molar refractivity (Wildman–Crippen MR) is 68.0 cm³/mol. The van der Waals surface area contributed by atoms with Crippen LogP contribution in [0.5, 0.6) is 0 Å². The number of hydrogen-bond donors (Lipinski definition) is 2. The predicted octanol–water partition coefficient (Wildman–Crippen LogP) is 0.410. The van der Waals surface area contributed by atoms with Crippen LogP contribution in [0.1, 0.15) is 12.0 Å². The normalized spacial score (nSPS) is 23.9. The molecule has 0 radical (unpaired) electrons. The van der Waals surface area contributed by atoms with Gasteiger partial charge >= 0.3 is 0 Å². The first kappa shape index (κ1) is 12.0. The molecule has 1 unspecified atom stereocenters. The maximum atomic E-state index is 12.4. The molecule has 2 N–H and O–H groups in total. The molecule has 5 nitrogen and oxygen atoms in total. The van der Waals surface area contributed by atoms with Crippen molar-refractivity contribution in [3.63, 3.8) is 0 Å². The van der Waals surface area contributed by atoms with E-state index < -0.39 is 16.1 Å². The quantitative estimate of drug-likeness (QED) is 0.815. The van der Waals surface area contributed by atoms with E-state index >= 15 is 0 Å². The number of fused-ring (bicyclic) bond motifs is 1. The Morgan fingerprint density at radius 1 is 1.39 bits per heavy atom. The molecule has 1 saturated heterocycles. The molecular formula is C12H16N2O3S. The Hall–Kier alpha value is -1.11. The lowest BCUT2D eigenvalue weighted by atomic mass is 10.2. The van der Waals surface area contributed by atoms with Crippen LogP contribution in [0.2, 0.25) is 0 Å². The first-order valence-electron chi connectivity index (χ1n) is 6.12. The highest BCUT2D eigenvalue weighted by Crippen LogP contribution is 2.28. The molecule has 2 aliphatic heterocycles. The number of hydrogen-bond acceptors (Lipinski definition) is 4. The van der Waals surface area contributed by atoms with Crippen LogP contribution in [0.3, 0.4) is 0 Å². The van der Waals surface area contributed by atoms with Gasteiger partial charge in [0.25, 0.3) is 0 Å². The van der Waals surface area contributed by atoms with Crippen molar-refractivity contribution in [3.8, 4) is 0 Å². The second-order valence-electron chi connectivity index (χ2n) is 4.80. The minimum atomic E-state index is -3.46. The number of sulfonamides is 1. The van der Waals surface area contributed by atoms with E-state index in [2.05, 4.69) is 5.32 Å². The first-order chi connectivity index (χ1) is 8.57. The summed E-state index contributed by atoms with van der Waals surface area (Å²) in [5.74, 6) is 0. The van der Waals surface area contributed by atoms with E-state index in [9.17, 15) is 13.5 Å². The second-order valence-corrected chi connectivity index (χ2v) is 6.74. The van der Waals surface area contributed by atoms with Crippen molar-refractivity contribution in [3.05, 3.63) is 23.8 Å². The fourth-order valence-corrected chi connectivity index (χ4v) is 4.03. The summed E-state index contributed by atoms with van der Waals surface area (Å²) >= 11 is 0. The van der Waals surface area contributed by atoms with Gasteiger partial charge in [0, 0.05) is 25.3 Å². The number of rotatable bonds is 2. The fourth-order valence-electron chi connectivity index (χ4n) is 2.51. The van der Waals surface area contributed by atoms with E-state index in [1.807, 2.05) is 6.07 Å². The maximum absolute atomic E-state index is 12.4. The third kappa shape index (κ3) is 1.90. The molecule has 0 aliphatic carbocycles. The molecule has 0 bridgehead atoms. The number of nitrogens with zero attached hydrogens (tertiary/aromatic N) is 1. The number of benzene rings is 1. The van der Waals surface area contributed by atoms with Crippen LogP contribution in [0.15, 0.2) is 23.1 Å². The fraction of sp³-hybridized carbons (Fsp3) is 0.500. The van der Waals surface area contributed by atoms with E-state index in [0.29, 0.717) is 17.9 Å². The SMILES string of the molecule is O=S(=O)(c1ccc2c(c1)NCC2)N1CCC(O)C1. The Morgan fingerprint density at radius 2 is 2.22 bits per heavy atom. The van der Waals surface area contributed by atoms with Crippen molar-refractivity contribution in [1.29, 1.82) is 0 Å². The topological polar surface area (TPSA) is 69.6 Å². The summed E-state index contributed by atoms with van der Waals surface area (Å²) in [5, 5.41) is 12.6. The molecule has 0 saturated carbocycles. The molecule has 3 rings (SSSR count). The van der Waals surface area contributed by atoms with Crippen molar-refractivity contribution < 1.29 is 13.5 Å². The molecule has 6 heteroatoms. The minimum absolute atomic E-state index is 0.201. The molecule has 0 amide bonds. The van der Waals surface area contributed by atoms with E-state index in [0.717, 1.165) is 24.2 Å². The van der Waals surface area contributed by atoms with Crippen LogP contribution in [-0.4, -0.2) is 43.6 Å². The smallest absolute Gasteiger partial charge is 0.243 e.